The van der Waals surface area contributed by atoms with E-state index in [9.17, 15) is 9.59 Å². The highest BCUT2D eigenvalue weighted by Gasteiger charge is 2.16. The van der Waals surface area contributed by atoms with E-state index < -0.39 is 0 Å². The second-order valence-corrected chi connectivity index (χ2v) is 4.46. The Bertz CT molecular complexity index is 479. The smallest absolute Gasteiger partial charge is 0.235 e. The molecule has 1 N–H and O–H groups in total. The summed E-state index contributed by atoms with van der Waals surface area (Å²) in [5.41, 5.74) is 0.569. The highest BCUT2D eigenvalue weighted by Crippen LogP contribution is 2.20. The van der Waals surface area contributed by atoms with E-state index in [1.54, 1.807) is 31.4 Å². The van der Waals surface area contributed by atoms with Gasteiger partial charge in [0.2, 0.25) is 5.91 Å². The number of carbonyl (C=O) groups is 2. The zero-order chi connectivity index (χ0) is 12.3. The molecule has 0 atom stereocenters. The van der Waals surface area contributed by atoms with E-state index in [2.05, 4.69) is 5.32 Å². The molecule has 0 aliphatic carbocycles. The van der Waals surface area contributed by atoms with Gasteiger partial charge in [-0.2, -0.15) is 0 Å². The number of hydrogen-bond acceptors (Lipinski definition) is 4. The molecule has 5 heteroatoms. The number of hydrogen-bond donors (Lipinski definition) is 1. The van der Waals surface area contributed by atoms with Crippen molar-refractivity contribution >= 4 is 23.5 Å². The van der Waals surface area contributed by atoms with Gasteiger partial charge in [0.25, 0.3) is 0 Å². The first kappa shape index (κ1) is 11.7. The van der Waals surface area contributed by atoms with Gasteiger partial charge in [-0.3, -0.25) is 9.59 Å². The van der Waals surface area contributed by atoms with Gasteiger partial charge in [-0.25, -0.2) is 0 Å². The van der Waals surface area contributed by atoms with Gasteiger partial charge in [0.15, 0.2) is 5.78 Å². The molecule has 17 heavy (non-hydrogen) atoms. The van der Waals surface area contributed by atoms with Gasteiger partial charge in [0, 0.05) is 11.6 Å². The summed E-state index contributed by atoms with van der Waals surface area (Å²) in [7, 11) is 1.57. The van der Waals surface area contributed by atoms with E-state index in [-0.39, 0.29) is 11.7 Å². The Kier molecular flexibility index (Phi) is 3.49. The van der Waals surface area contributed by atoms with Crippen molar-refractivity contribution in [3.8, 4) is 5.75 Å². The molecule has 1 aliphatic heterocycles. The van der Waals surface area contributed by atoms with Crippen LogP contribution in [0.4, 0.5) is 0 Å². The number of ketones is 1. The summed E-state index contributed by atoms with van der Waals surface area (Å²) in [6, 6.07) is 6.84. The molecule has 4 nitrogen and oxygen atoms in total. The quantitative estimate of drug-likeness (QED) is 0.652. The molecular weight excluding hydrogens is 238 g/mol. The molecule has 0 bridgehead atoms. The minimum absolute atomic E-state index is 0.0659. The van der Waals surface area contributed by atoms with E-state index in [0.717, 1.165) is 0 Å². The van der Waals surface area contributed by atoms with Gasteiger partial charge in [0.1, 0.15) is 5.75 Å². The number of rotatable bonds is 3. The third-order valence-electron chi connectivity index (χ3n) is 2.26. The van der Waals surface area contributed by atoms with Crippen molar-refractivity contribution in [2.45, 2.75) is 0 Å². The Balaban J connectivity index is 2.11. The molecule has 88 valence electrons. The molecule has 0 aromatic heterocycles. The summed E-state index contributed by atoms with van der Waals surface area (Å²) >= 11 is 1.34. The van der Waals surface area contributed by atoms with Gasteiger partial charge >= 0.3 is 0 Å². The monoisotopic (exact) mass is 249 g/mol. The van der Waals surface area contributed by atoms with Crippen molar-refractivity contribution in [3.63, 3.8) is 0 Å². The Hall–Kier alpha value is -1.75. The van der Waals surface area contributed by atoms with Crippen molar-refractivity contribution in [1.29, 1.82) is 0 Å². The molecule has 1 saturated heterocycles. The van der Waals surface area contributed by atoms with Crippen molar-refractivity contribution in [2.24, 2.45) is 0 Å². The Morgan fingerprint density at radius 3 is 2.65 bits per heavy atom. The van der Waals surface area contributed by atoms with E-state index >= 15 is 0 Å². The zero-order valence-electron chi connectivity index (χ0n) is 9.23. The molecule has 0 saturated carbocycles. The second-order valence-electron chi connectivity index (χ2n) is 3.44. The zero-order valence-corrected chi connectivity index (χ0v) is 10.0. The number of nitrogens with one attached hydrogen (secondary N) is 1. The molecule has 1 heterocycles. The summed E-state index contributed by atoms with van der Waals surface area (Å²) in [5, 5.41) is 3.22. The number of thioether (sulfide) groups is 1. The Labute approximate surface area is 103 Å². The first-order valence-corrected chi connectivity index (χ1v) is 6.00. The van der Waals surface area contributed by atoms with Crippen LogP contribution in [0.15, 0.2) is 35.4 Å². The highest BCUT2D eigenvalue weighted by atomic mass is 32.2. The fourth-order valence-electron chi connectivity index (χ4n) is 1.39. The lowest BCUT2D eigenvalue weighted by Crippen LogP contribution is -2.14. The van der Waals surface area contributed by atoms with Crippen LogP contribution in [0.25, 0.3) is 0 Å². The van der Waals surface area contributed by atoms with E-state index in [4.69, 9.17) is 4.74 Å². The predicted molar refractivity (Wildman–Crippen MR) is 66.0 cm³/mol. The normalized spacial score (nSPS) is 17.0. The van der Waals surface area contributed by atoms with Gasteiger partial charge in [-0.1, -0.05) is 11.8 Å². The minimum Gasteiger partial charge on any atom is -0.497 e. The number of carbonyl (C=O) groups excluding carboxylic acids is 2. The molecule has 0 unspecified atom stereocenters. The van der Waals surface area contributed by atoms with Gasteiger partial charge < -0.3 is 10.1 Å². The molecule has 1 aromatic carbocycles. The summed E-state index contributed by atoms with van der Waals surface area (Å²) in [6.07, 6.45) is 1.44. The van der Waals surface area contributed by atoms with E-state index in [1.165, 1.54) is 17.8 Å². The highest BCUT2D eigenvalue weighted by molar-refractivity contribution is 8.04. The van der Waals surface area contributed by atoms with E-state index in [0.29, 0.717) is 22.1 Å². The van der Waals surface area contributed by atoms with E-state index in [1.807, 2.05) is 0 Å². The van der Waals surface area contributed by atoms with Crippen LogP contribution in [-0.4, -0.2) is 24.6 Å². The molecule has 1 aliphatic rings. The van der Waals surface area contributed by atoms with Crippen LogP contribution in [0.5, 0.6) is 5.75 Å². The molecular formula is C12H11NO3S. The minimum atomic E-state index is -0.127. The molecule has 1 amide bonds. The number of ether oxygens (including phenoxy) is 1. The molecule has 0 radical (unpaired) electrons. The maximum atomic E-state index is 11.8. The van der Waals surface area contributed by atoms with Crippen LogP contribution < -0.4 is 10.1 Å². The fourth-order valence-corrected chi connectivity index (χ4v) is 2.12. The van der Waals surface area contributed by atoms with Crippen LogP contribution >= 0.6 is 11.8 Å². The molecule has 0 spiro atoms. The van der Waals surface area contributed by atoms with Crippen LogP contribution in [0.3, 0.4) is 0 Å². The largest absolute Gasteiger partial charge is 0.497 e. The third-order valence-corrected chi connectivity index (χ3v) is 3.20. The van der Waals surface area contributed by atoms with Crippen LogP contribution in [0.2, 0.25) is 0 Å². The lowest BCUT2D eigenvalue weighted by molar-refractivity contribution is -0.117. The number of benzene rings is 1. The van der Waals surface area contributed by atoms with Crippen LogP contribution in [-0.2, 0) is 4.79 Å². The summed E-state index contributed by atoms with van der Waals surface area (Å²) in [4.78, 5) is 22.8. The van der Waals surface area contributed by atoms with Crippen LogP contribution in [0, 0.1) is 0 Å². The Morgan fingerprint density at radius 2 is 2.12 bits per heavy atom. The number of allylic oxidation sites excluding steroid dienone is 1. The van der Waals surface area contributed by atoms with Crippen molar-refractivity contribution in [3.05, 3.63) is 40.9 Å². The average Bonchev–Trinajstić information content (AvgIpc) is 2.75. The van der Waals surface area contributed by atoms with Crippen molar-refractivity contribution in [1.82, 2.24) is 5.32 Å². The first-order valence-electron chi connectivity index (χ1n) is 5.02. The predicted octanol–water partition coefficient (Wildman–Crippen LogP) is 1.58. The van der Waals surface area contributed by atoms with Crippen molar-refractivity contribution < 1.29 is 14.3 Å². The lowest BCUT2D eigenvalue weighted by Gasteiger charge is -2.01. The maximum Gasteiger partial charge on any atom is 0.235 e. The van der Waals surface area contributed by atoms with Gasteiger partial charge in [0.05, 0.1) is 17.9 Å². The number of amides is 1. The lowest BCUT2D eigenvalue weighted by atomic mass is 10.1. The first-order chi connectivity index (χ1) is 8.19. The SMILES string of the molecule is COc1ccc(C(=O)/C=C2/NC(=O)CS2)cc1. The summed E-state index contributed by atoms with van der Waals surface area (Å²) < 4.78 is 5.01. The maximum absolute atomic E-state index is 11.8. The fraction of sp³-hybridized carbons (Fsp3) is 0.167. The standard InChI is InChI=1S/C12H11NO3S/c1-16-9-4-2-8(3-5-9)10(14)6-12-13-11(15)7-17-12/h2-6H,7H2,1H3,(H,13,15)/b12-6-. The molecule has 2 rings (SSSR count). The molecule has 1 fully saturated rings. The van der Waals surface area contributed by atoms with Gasteiger partial charge in [-0.05, 0) is 24.3 Å². The van der Waals surface area contributed by atoms with Crippen LogP contribution in [0.1, 0.15) is 10.4 Å². The summed E-state index contributed by atoms with van der Waals surface area (Å²) in [5.74, 6) is 0.890. The summed E-state index contributed by atoms with van der Waals surface area (Å²) in [6.45, 7) is 0. The second kappa shape index (κ2) is 5.05. The average molecular weight is 249 g/mol. The Morgan fingerprint density at radius 1 is 1.41 bits per heavy atom. The van der Waals surface area contributed by atoms with Crippen molar-refractivity contribution in [2.75, 3.05) is 12.9 Å². The number of methoxy groups -OCH3 is 1. The third kappa shape index (κ3) is 2.88. The topological polar surface area (TPSA) is 55.4 Å². The van der Waals surface area contributed by atoms with Gasteiger partial charge in [-0.15, -0.1) is 0 Å². The molecule has 1 aromatic rings.